The fourth-order valence-electron chi connectivity index (χ4n) is 4.70. The minimum absolute atomic E-state index is 0.0655. The fraction of sp³-hybridized carbons (Fsp3) is 0.391. The lowest BCUT2D eigenvalue weighted by Crippen LogP contribution is -2.39. The van der Waals surface area contributed by atoms with E-state index in [9.17, 15) is 19.0 Å². The number of H-pyrrole nitrogens is 1. The van der Waals surface area contributed by atoms with Crippen LogP contribution in [0.15, 0.2) is 42.5 Å². The number of likely N-dealkylation sites (tertiary alicyclic amines) is 1. The lowest BCUT2D eigenvalue weighted by molar-refractivity contribution is -0.131. The minimum atomic E-state index is -2.85. The topological polar surface area (TPSA) is 151 Å². The first-order valence-corrected chi connectivity index (χ1v) is 13.1. The molecule has 0 aliphatic carbocycles. The van der Waals surface area contributed by atoms with Crippen molar-refractivity contribution in [1.82, 2.24) is 30.4 Å². The minimum Gasteiger partial charge on any atom is -0.392 e. The van der Waals surface area contributed by atoms with Crippen molar-refractivity contribution in [3.8, 4) is 11.4 Å². The second kappa shape index (κ2) is 9.55. The third-order valence-corrected chi connectivity index (χ3v) is 7.83. The van der Waals surface area contributed by atoms with Crippen molar-refractivity contribution in [1.29, 1.82) is 0 Å². The molecule has 5 rings (SSSR count). The third kappa shape index (κ3) is 5.31. The van der Waals surface area contributed by atoms with E-state index in [1.54, 1.807) is 11.9 Å². The molecule has 0 spiro atoms. The fourth-order valence-corrected chi connectivity index (χ4v) is 6.00. The van der Waals surface area contributed by atoms with Crippen LogP contribution in [0, 0.1) is 0 Å². The number of nitrogens with zero attached hydrogens (tertiary/aromatic N) is 5. The third-order valence-electron chi connectivity index (χ3n) is 6.57. The monoisotopic (exact) mass is 499 g/mol. The first kappa shape index (κ1) is 23.7. The second-order valence-electron chi connectivity index (χ2n) is 9.16. The predicted octanol–water partition coefficient (Wildman–Crippen LogP) is 2.27. The van der Waals surface area contributed by atoms with Crippen LogP contribution in [0.1, 0.15) is 29.2 Å². The first-order valence-electron chi connectivity index (χ1n) is 11.4. The summed E-state index contributed by atoms with van der Waals surface area (Å²) in [7, 11) is -1.05. The van der Waals surface area contributed by atoms with Crippen LogP contribution >= 0.6 is 10.8 Å². The van der Waals surface area contributed by atoms with E-state index in [0.717, 1.165) is 28.8 Å². The zero-order chi connectivity index (χ0) is 24.6. The molecule has 12 heteroatoms. The van der Waals surface area contributed by atoms with E-state index in [4.69, 9.17) is 0 Å². The molecule has 2 aliphatic rings. The van der Waals surface area contributed by atoms with Gasteiger partial charge in [-0.15, -0.1) is 21.0 Å². The van der Waals surface area contributed by atoms with Crippen molar-refractivity contribution >= 4 is 22.4 Å². The van der Waals surface area contributed by atoms with E-state index in [2.05, 4.69) is 30.2 Å². The maximum Gasteiger partial charge on any atom is 0.227 e. The van der Waals surface area contributed by atoms with Crippen molar-refractivity contribution in [3.05, 3.63) is 59.2 Å². The average Bonchev–Trinajstić information content (AvgIpc) is 3.56. The summed E-state index contributed by atoms with van der Waals surface area (Å²) in [4.78, 5) is 17.3. The van der Waals surface area contributed by atoms with Gasteiger partial charge in [0.15, 0.2) is 0 Å². The van der Waals surface area contributed by atoms with Gasteiger partial charge in [-0.05, 0) is 40.5 Å². The molecule has 2 aliphatic heterocycles. The summed E-state index contributed by atoms with van der Waals surface area (Å²) in [5, 5.41) is 24.2. The highest BCUT2D eigenvalue weighted by molar-refractivity contribution is 8.25. The van der Waals surface area contributed by atoms with Gasteiger partial charge in [0.05, 0.1) is 30.0 Å². The summed E-state index contributed by atoms with van der Waals surface area (Å²) in [6, 6.07) is 13.0. The highest BCUT2D eigenvalue weighted by Crippen LogP contribution is 2.50. The number of aromatic nitrogens is 4. The van der Waals surface area contributed by atoms with Crippen molar-refractivity contribution in [3.63, 3.8) is 0 Å². The summed E-state index contributed by atoms with van der Waals surface area (Å²) in [5.74, 6) is 0.591. The molecule has 0 unspecified atom stereocenters. The number of likely N-dealkylation sites (N-methyl/N-ethyl adjacent to an activating group) is 1. The number of carbonyl (C=O) groups excluding carboxylic acids is 1. The molecule has 0 radical (unpaired) electrons. The second-order valence-corrected chi connectivity index (χ2v) is 11.0. The van der Waals surface area contributed by atoms with E-state index in [1.165, 1.54) is 0 Å². The molecule has 0 saturated carbocycles. The number of tetrazole rings is 1. The van der Waals surface area contributed by atoms with Gasteiger partial charge in [0.25, 0.3) is 0 Å². The standard InChI is InChI=1S/C23H29N7O4S/c1-29(22(32)10-15-5-6-18-14-35(33,34)26-20(18)9-15)21(13-30-8-7-19(31)12-30)16-3-2-4-17(11-16)23-24-27-28-25-23/h2-6,9,11,19,21,26,31,33-34H,7-8,10,12-14H2,1H3,(H,24,25,27,28)/t19-,21+/m0/s1. The molecule has 1 amide bonds. The molecule has 2 aromatic carbocycles. The first-order chi connectivity index (χ1) is 16.8. The number of carbonyl (C=O) groups is 1. The Labute approximate surface area is 204 Å². The van der Waals surface area contributed by atoms with Crippen LogP contribution in [0.2, 0.25) is 0 Å². The number of hydrogen-bond donors (Lipinski definition) is 5. The number of nitrogens with one attached hydrogen (secondary N) is 2. The van der Waals surface area contributed by atoms with Crippen LogP contribution in [0.3, 0.4) is 0 Å². The Hall–Kier alpha value is -3.03. The maximum atomic E-state index is 13.4. The molecule has 3 heterocycles. The molecule has 11 nitrogen and oxygen atoms in total. The van der Waals surface area contributed by atoms with E-state index in [-0.39, 0.29) is 30.2 Å². The molecular weight excluding hydrogens is 470 g/mol. The number of benzene rings is 2. The normalized spacial score (nSPS) is 20.7. The predicted molar refractivity (Wildman–Crippen MR) is 133 cm³/mol. The SMILES string of the molecule is CN(C(=O)Cc1ccc2c(c1)NS(O)(O)C2)[C@H](CN1CC[C@H](O)C1)c1cccc(-c2nn[nH]n2)c1. The number of amides is 1. The number of hydrogen-bond acceptors (Lipinski definition) is 9. The highest BCUT2D eigenvalue weighted by Gasteiger charge is 2.29. The average molecular weight is 500 g/mol. The van der Waals surface area contributed by atoms with Crippen LogP contribution in [-0.2, 0) is 17.0 Å². The Morgan fingerprint density at radius 3 is 2.89 bits per heavy atom. The zero-order valence-corrected chi connectivity index (χ0v) is 20.1. The Bertz CT molecular complexity index is 1210. The van der Waals surface area contributed by atoms with E-state index in [1.807, 2.05) is 42.5 Å². The lowest BCUT2D eigenvalue weighted by atomic mass is 10.0. The molecule has 186 valence electrons. The number of aliphatic hydroxyl groups excluding tert-OH is 1. The van der Waals surface area contributed by atoms with Gasteiger partial charge in [0, 0.05) is 32.2 Å². The van der Waals surface area contributed by atoms with E-state index < -0.39 is 10.8 Å². The molecule has 3 aromatic rings. The quantitative estimate of drug-likeness (QED) is 0.330. The number of anilines is 1. The summed E-state index contributed by atoms with van der Waals surface area (Å²) < 4.78 is 22.6. The molecule has 0 bridgehead atoms. The van der Waals surface area contributed by atoms with Crippen LogP contribution in [0.5, 0.6) is 0 Å². The van der Waals surface area contributed by atoms with E-state index in [0.29, 0.717) is 31.0 Å². The molecule has 2 atom stereocenters. The van der Waals surface area contributed by atoms with Gasteiger partial charge < -0.3 is 10.0 Å². The van der Waals surface area contributed by atoms with Gasteiger partial charge in [0.1, 0.15) is 0 Å². The van der Waals surface area contributed by atoms with Crippen LogP contribution in [-0.4, -0.2) is 83.3 Å². The van der Waals surface area contributed by atoms with Crippen molar-refractivity contribution in [2.24, 2.45) is 0 Å². The summed E-state index contributed by atoms with van der Waals surface area (Å²) in [6.07, 6.45) is 0.539. The smallest absolute Gasteiger partial charge is 0.227 e. The Morgan fingerprint density at radius 1 is 1.29 bits per heavy atom. The Balaban J connectivity index is 1.37. The van der Waals surface area contributed by atoms with Crippen molar-refractivity contribution < 1.29 is 19.0 Å². The lowest BCUT2D eigenvalue weighted by Gasteiger charge is -2.32. The summed E-state index contributed by atoms with van der Waals surface area (Å²) in [6.45, 7) is 1.93. The summed E-state index contributed by atoms with van der Waals surface area (Å²) >= 11 is 0. The molecule has 5 N–H and O–H groups in total. The molecule has 1 aromatic heterocycles. The highest BCUT2D eigenvalue weighted by atomic mass is 32.3. The number of aromatic amines is 1. The van der Waals surface area contributed by atoms with Gasteiger partial charge in [0.2, 0.25) is 11.7 Å². The van der Waals surface area contributed by atoms with Gasteiger partial charge in [-0.1, -0.05) is 30.3 Å². The molecule has 1 fully saturated rings. The number of β-amino-alcohol motifs (C(OH)–C–C–N with tert-alkyl or cyclic N) is 1. The van der Waals surface area contributed by atoms with E-state index >= 15 is 0 Å². The van der Waals surface area contributed by atoms with Crippen LogP contribution in [0.25, 0.3) is 11.4 Å². The van der Waals surface area contributed by atoms with Crippen molar-refractivity contribution in [2.75, 3.05) is 31.4 Å². The number of rotatable bonds is 7. The molecular formula is C23H29N7O4S. The largest absolute Gasteiger partial charge is 0.392 e. The zero-order valence-electron chi connectivity index (χ0n) is 19.3. The summed E-state index contributed by atoms with van der Waals surface area (Å²) in [5.41, 5.74) is 4.02. The van der Waals surface area contributed by atoms with Crippen LogP contribution < -0.4 is 4.72 Å². The van der Waals surface area contributed by atoms with Gasteiger partial charge in [-0.2, -0.15) is 5.21 Å². The van der Waals surface area contributed by atoms with Gasteiger partial charge in [-0.3, -0.25) is 23.5 Å². The number of fused-ring (bicyclic) bond motifs is 1. The van der Waals surface area contributed by atoms with Crippen molar-refractivity contribution in [2.45, 2.75) is 30.7 Å². The van der Waals surface area contributed by atoms with Gasteiger partial charge in [-0.25, -0.2) is 0 Å². The van der Waals surface area contributed by atoms with Crippen LogP contribution in [0.4, 0.5) is 5.69 Å². The molecule has 35 heavy (non-hydrogen) atoms. The molecule has 1 saturated heterocycles. The Morgan fingerprint density at radius 2 is 2.14 bits per heavy atom. The van der Waals surface area contributed by atoms with Gasteiger partial charge >= 0.3 is 0 Å². The number of aliphatic hydroxyl groups is 1. The maximum absolute atomic E-state index is 13.4. The Kier molecular flexibility index (Phi) is 6.47.